The molecule has 9 amide bonds. The molecule has 3 heterocycles. The molecule has 0 saturated carbocycles. The predicted octanol–water partition coefficient (Wildman–Crippen LogP) is 16.7. The van der Waals surface area contributed by atoms with Gasteiger partial charge in [-0.05, 0) is 178 Å². The van der Waals surface area contributed by atoms with E-state index in [1.807, 2.05) is 192 Å². The maximum absolute atomic E-state index is 13.7. The Bertz CT molecular complexity index is 4350. The average Bonchev–Trinajstić information content (AvgIpc) is 1.65. The zero-order chi connectivity index (χ0) is 86.8. The third-order valence-electron chi connectivity index (χ3n) is 22.1. The van der Waals surface area contributed by atoms with Crippen LogP contribution in [0.1, 0.15) is 246 Å². The van der Waals surface area contributed by atoms with Gasteiger partial charge in [0.2, 0.25) is 53.4 Å². The number of carbonyl (C=O) groups is 10. The van der Waals surface area contributed by atoms with E-state index in [0.717, 1.165) is 72.9 Å². The molecule has 3 aliphatic rings. The van der Waals surface area contributed by atoms with Crippen LogP contribution >= 0.6 is 0 Å². The van der Waals surface area contributed by atoms with Crippen LogP contribution in [0.2, 0.25) is 0 Å². The average molecular weight is 1630 g/mol. The SMILES string of the molecule is C.CC(C)C[C@@H](C(=O)NC1N=C(c2ccccc2)c2ccccc2N(C)C1=O)[C@H](CCC(C)(C)C)C(N)=O.CC(C)C[C@@H](C(=O)N[C@H]1CCCCN(Cc2cccc(C(=O)c3ccccc3)c2)C1=O)[C@H](CCC(C)(C)C)C(N)=O.CC(C)C[C@@H](C(=O)N[C@H]1CCCCN(Cc2cccc(Oc3ccccc3)c2)C1=O)[C@H](CCC(C)(C)C)C(N)=O. The van der Waals surface area contributed by atoms with Gasteiger partial charge in [-0.15, -0.1) is 0 Å². The number of para-hydroxylation sites is 2. The summed E-state index contributed by atoms with van der Waals surface area (Å²) in [5.74, 6) is -4.49. The van der Waals surface area contributed by atoms with Crippen LogP contribution in [0.3, 0.4) is 0 Å². The topological polar surface area (TPSA) is 316 Å². The molecule has 0 aliphatic carbocycles. The summed E-state index contributed by atoms with van der Waals surface area (Å²) in [6.07, 6.45) is 8.76. The highest BCUT2D eigenvalue weighted by molar-refractivity contribution is 6.20. The Kier molecular flexibility index (Phi) is 37.5. The molecule has 2 saturated heterocycles. The van der Waals surface area contributed by atoms with Gasteiger partial charge in [0.1, 0.15) is 23.6 Å². The number of carbonyl (C=O) groups excluding carboxylic acids is 10. The number of amides is 9. The van der Waals surface area contributed by atoms with Crippen molar-refractivity contribution in [3.05, 3.63) is 197 Å². The minimum Gasteiger partial charge on any atom is -0.457 e. The molecule has 646 valence electrons. The molecule has 3 aliphatic heterocycles. The van der Waals surface area contributed by atoms with Crippen molar-refractivity contribution in [2.75, 3.05) is 25.0 Å². The lowest BCUT2D eigenvalue weighted by Gasteiger charge is -2.30. The molecule has 2 fully saturated rings. The van der Waals surface area contributed by atoms with Crippen molar-refractivity contribution in [2.45, 2.75) is 239 Å². The summed E-state index contributed by atoms with van der Waals surface area (Å²) in [7, 11) is 1.69. The molecule has 21 nitrogen and oxygen atoms in total. The van der Waals surface area contributed by atoms with Crippen molar-refractivity contribution in [1.82, 2.24) is 25.8 Å². The van der Waals surface area contributed by atoms with Crippen LogP contribution in [0.15, 0.2) is 169 Å². The number of likely N-dealkylation sites (tertiary alicyclic amines) is 2. The van der Waals surface area contributed by atoms with Crippen molar-refractivity contribution < 1.29 is 52.7 Å². The summed E-state index contributed by atoms with van der Waals surface area (Å²) < 4.78 is 5.98. The van der Waals surface area contributed by atoms with Crippen LogP contribution in [0.25, 0.3) is 0 Å². The Morgan fingerprint density at radius 2 is 0.824 bits per heavy atom. The van der Waals surface area contributed by atoms with Gasteiger partial charge in [-0.2, -0.15) is 0 Å². The van der Waals surface area contributed by atoms with Crippen LogP contribution in [-0.4, -0.2) is 113 Å². The number of aliphatic imine (C=N–C) groups is 1. The maximum Gasteiger partial charge on any atom is 0.272 e. The lowest BCUT2D eigenvalue weighted by molar-refractivity contribution is -0.139. The van der Waals surface area contributed by atoms with Gasteiger partial charge in [0.15, 0.2) is 5.78 Å². The number of nitrogens with one attached hydrogen (secondary N) is 3. The molecular formula is C98H138N10O11. The second-order valence-corrected chi connectivity index (χ2v) is 37.3. The molecule has 9 atom stereocenters. The Hall–Kier alpha value is -10.3. The summed E-state index contributed by atoms with van der Waals surface area (Å²) in [4.78, 5) is 142. The minimum atomic E-state index is -1.13. The highest BCUT2D eigenvalue weighted by atomic mass is 16.5. The first kappa shape index (κ1) is 97.5. The Morgan fingerprint density at radius 1 is 0.445 bits per heavy atom. The molecular weight excluding hydrogens is 1490 g/mol. The molecule has 119 heavy (non-hydrogen) atoms. The molecule has 0 aromatic heterocycles. The highest BCUT2D eigenvalue weighted by Gasteiger charge is 2.41. The van der Waals surface area contributed by atoms with Crippen LogP contribution in [-0.2, 0) is 56.2 Å². The number of ketones is 1. The molecule has 0 bridgehead atoms. The largest absolute Gasteiger partial charge is 0.457 e. The number of ether oxygens (including phenoxy) is 1. The zero-order valence-corrected chi connectivity index (χ0v) is 73.0. The van der Waals surface area contributed by atoms with Crippen molar-refractivity contribution in [3.63, 3.8) is 0 Å². The van der Waals surface area contributed by atoms with Crippen molar-refractivity contribution >= 4 is 70.3 Å². The Balaban J connectivity index is 0.000000276. The number of primary amides is 3. The van der Waals surface area contributed by atoms with E-state index in [1.165, 1.54) is 4.90 Å². The summed E-state index contributed by atoms with van der Waals surface area (Å²) in [6.45, 7) is 33.1. The van der Waals surface area contributed by atoms with Crippen molar-refractivity contribution in [2.24, 2.45) is 91.7 Å². The fraction of sp³-hybridized carbons (Fsp3) is 0.520. The van der Waals surface area contributed by atoms with E-state index >= 15 is 0 Å². The molecule has 6 aromatic rings. The minimum absolute atomic E-state index is 0. The van der Waals surface area contributed by atoms with Gasteiger partial charge in [-0.1, -0.05) is 239 Å². The van der Waals surface area contributed by atoms with Crippen LogP contribution in [0.4, 0.5) is 5.69 Å². The van der Waals surface area contributed by atoms with E-state index in [9.17, 15) is 47.9 Å². The van der Waals surface area contributed by atoms with Gasteiger partial charge in [-0.3, -0.25) is 47.9 Å². The van der Waals surface area contributed by atoms with Gasteiger partial charge < -0.3 is 52.6 Å². The van der Waals surface area contributed by atoms with Crippen molar-refractivity contribution in [1.29, 1.82) is 0 Å². The third-order valence-corrected chi connectivity index (χ3v) is 22.1. The van der Waals surface area contributed by atoms with Crippen LogP contribution < -0.4 is 42.8 Å². The number of hydrogen-bond donors (Lipinski definition) is 6. The fourth-order valence-electron chi connectivity index (χ4n) is 15.7. The smallest absolute Gasteiger partial charge is 0.272 e. The lowest BCUT2D eigenvalue weighted by Crippen LogP contribution is -2.50. The van der Waals surface area contributed by atoms with E-state index in [-0.39, 0.29) is 82.7 Å². The second kappa shape index (κ2) is 45.7. The number of anilines is 1. The molecule has 0 spiro atoms. The standard InChI is InChI=1S/C34H47N3O4.C33H47N3O4.C30H40N4O3.CH4/c1-23(2)20-28(27(31(35)39)17-18-34(3,4)5)32(40)36-29-16-9-10-19-37(33(29)41)22-24-12-11-15-26(21-24)30(38)25-13-7-6-8-14-25;1-23(2)20-28(27(30(34)37)17-18-33(3,4)5)31(38)35-29-16-9-10-19-36(32(29)39)22-24-12-11-15-26(21-24)40-25-13-7-6-8-14-25;1-19(2)18-23(21(26(31)35)16-17-30(3,4)5)28(36)33-27-29(37)34(6)24-15-11-10-14-22(24)25(32-27)20-12-8-7-9-13-20;/h6-8,11-15,21,23,27-29H,9-10,16-20,22H2,1-5H3,(H2,35,39)(H,36,40);6-8,11-15,21,23,27-29H,9-10,16-20,22H2,1-5H3,(H2,34,37)(H,35,38);7-15,19,21,23,27H,16-18H2,1-6H3,(H2,31,35)(H,33,36);1H4/t2*27-,28+,29-;21-,23+,27?;/m000./s1. The summed E-state index contributed by atoms with van der Waals surface area (Å²) in [5, 5.41) is 8.95. The van der Waals surface area contributed by atoms with E-state index in [0.29, 0.717) is 106 Å². The van der Waals surface area contributed by atoms with Gasteiger partial charge >= 0.3 is 0 Å². The van der Waals surface area contributed by atoms with Gasteiger partial charge in [0.25, 0.3) is 5.91 Å². The quantitative estimate of drug-likeness (QED) is 0.0210. The monoisotopic (exact) mass is 1630 g/mol. The molecule has 0 radical (unpaired) electrons. The predicted molar refractivity (Wildman–Crippen MR) is 475 cm³/mol. The van der Waals surface area contributed by atoms with Crippen molar-refractivity contribution in [3.8, 4) is 11.5 Å². The lowest BCUT2D eigenvalue weighted by atomic mass is 9.78. The number of hydrogen-bond acceptors (Lipinski definition) is 12. The summed E-state index contributed by atoms with van der Waals surface area (Å²) in [6, 6.07) is 49.7. The first-order valence-corrected chi connectivity index (χ1v) is 42.5. The number of benzodiazepines with no additional fused rings is 1. The number of nitrogens with zero attached hydrogens (tertiary/aromatic N) is 4. The summed E-state index contributed by atoms with van der Waals surface area (Å²) in [5.41, 5.74) is 23.5. The molecule has 6 aromatic carbocycles. The Labute approximate surface area is 709 Å². The van der Waals surface area contributed by atoms with Crippen LogP contribution in [0, 0.1) is 69.5 Å². The zero-order valence-electron chi connectivity index (χ0n) is 73.0. The molecule has 21 heteroatoms. The number of likely N-dealkylation sites (N-methyl/N-ethyl adjacent to an activating group) is 1. The maximum atomic E-state index is 13.7. The number of nitrogens with two attached hydrogens (primary N) is 3. The van der Waals surface area contributed by atoms with Gasteiger partial charge in [0, 0.05) is 91.0 Å². The first-order chi connectivity index (χ1) is 55.7. The number of fused-ring (bicyclic) bond motifs is 1. The fourth-order valence-corrected chi connectivity index (χ4v) is 15.7. The summed E-state index contributed by atoms with van der Waals surface area (Å²) >= 11 is 0. The normalized spacial score (nSPS) is 17.4. The molecule has 9 N–H and O–H groups in total. The third kappa shape index (κ3) is 31.1. The number of benzene rings is 6. The van der Waals surface area contributed by atoms with Gasteiger partial charge in [-0.25, -0.2) is 4.99 Å². The van der Waals surface area contributed by atoms with E-state index in [4.69, 9.17) is 26.9 Å². The van der Waals surface area contributed by atoms with E-state index in [1.54, 1.807) is 30.1 Å². The van der Waals surface area contributed by atoms with Gasteiger partial charge in [0.05, 0.1) is 11.4 Å². The second-order valence-electron chi connectivity index (χ2n) is 37.3. The molecule has 1 unspecified atom stereocenters. The first-order valence-electron chi connectivity index (χ1n) is 42.5. The molecule has 9 rings (SSSR count). The van der Waals surface area contributed by atoms with E-state index < -0.39 is 71.5 Å². The van der Waals surface area contributed by atoms with Crippen LogP contribution in [0.5, 0.6) is 11.5 Å². The van der Waals surface area contributed by atoms with E-state index in [2.05, 4.69) is 78.3 Å². The highest BCUT2D eigenvalue weighted by Crippen LogP contribution is 2.36. The Morgan fingerprint density at radius 3 is 1.25 bits per heavy atom. The number of rotatable bonds is 33.